The lowest BCUT2D eigenvalue weighted by Gasteiger charge is -2.33. The fourth-order valence-corrected chi connectivity index (χ4v) is 3.33. The van der Waals surface area contributed by atoms with E-state index in [4.69, 9.17) is 0 Å². The molecule has 0 bridgehead atoms. The Kier molecular flexibility index (Phi) is 5.16. The van der Waals surface area contributed by atoms with E-state index in [1.807, 2.05) is 11.9 Å². The largest absolute Gasteiger partial charge is 0.619 e. The van der Waals surface area contributed by atoms with Crippen molar-refractivity contribution in [1.82, 2.24) is 0 Å². The Morgan fingerprint density at radius 3 is 2.72 bits per heavy atom. The summed E-state index contributed by atoms with van der Waals surface area (Å²) in [6.07, 6.45) is 8.25. The molecular formula is C19H22FN3O2. The first kappa shape index (κ1) is 17.2. The summed E-state index contributed by atoms with van der Waals surface area (Å²) in [5.74, 6) is -0.809. The number of pyridine rings is 1. The highest BCUT2D eigenvalue weighted by atomic mass is 19.1. The van der Waals surface area contributed by atoms with Crippen LogP contribution >= 0.6 is 0 Å². The Labute approximate surface area is 146 Å². The molecule has 1 amide bonds. The summed E-state index contributed by atoms with van der Waals surface area (Å²) < 4.78 is 15.1. The smallest absolute Gasteiger partial charge is 0.261 e. The fraction of sp³-hybridized carbons (Fsp3) is 0.368. The van der Waals surface area contributed by atoms with Gasteiger partial charge in [-0.15, -0.1) is 0 Å². The molecule has 0 saturated heterocycles. The Morgan fingerprint density at radius 2 is 2.04 bits per heavy atom. The molecule has 132 valence electrons. The van der Waals surface area contributed by atoms with Gasteiger partial charge in [0.25, 0.3) is 5.91 Å². The zero-order chi connectivity index (χ0) is 17.8. The van der Waals surface area contributed by atoms with E-state index in [1.165, 1.54) is 49.9 Å². The molecule has 0 aliphatic heterocycles. The molecule has 0 unspecified atom stereocenters. The Balaban J connectivity index is 1.72. The van der Waals surface area contributed by atoms with Crippen molar-refractivity contribution in [3.8, 4) is 0 Å². The maximum atomic E-state index is 14.5. The number of amides is 1. The van der Waals surface area contributed by atoms with Gasteiger partial charge in [-0.25, -0.2) is 4.39 Å². The van der Waals surface area contributed by atoms with Crippen LogP contribution < -0.4 is 14.9 Å². The van der Waals surface area contributed by atoms with Crippen molar-refractivity contribution >= 4 is 17.3 Å². The summed E-state index contributed by atoms with van der Waals surface area (Å²) >= 11 is 0. The number of nitrogens with one attached hydrogen (secondary N) is 1. The van der Waals surface area contributed by atoms with Gasteiger partial charge >= 0.3 is 0 Å². The van der Waals surface area contributed by atoms with Crippen molar-refractivity contribution in [2.24, 2.45) is 0 Å². The van der Waals surface area contributed by atoms with Gasteiger partial charge in [-0.05, 0) is 37.1 Å². The summed E-state index contributed by atoms with van der Waals surface area (Å²) in [6, 6.07) is 8.08. The van der Waals surface area contributed by atoms with Gasteiger partial charge in [-0.1, -0.05) is 19.3 Å². The molecule has 1 heterocycles. The van der Waals surface area contributed by atoms with Crippen LogP contribution in [0.25, 0.3) is 0 Å². The van der Waals surface area contributed by atoms with Crippen molar-refractivity contribution in [2.75, 3.05) is 17.3 Å². The first-order valence-electron chi connectivity index (χ1n) is 8.57. The third-order valence-corrected chi connectivity index (χ3v) is 4.75. The van der Waals surface area contributed by atoms with E-state index < -0.39 is 5.91 Å². The lowest BCUT2D eigenvalue weighted by atomic mass is 9.94. The van der Waals surface area contributed by atoms with Gasteiger partial charge in [0, 0.05) is 24.8 Å². The standard InChI is InChI=1S/C19H22FN3O2/c1-22(16-7-3-2-4-8-16)18-10-9-15(12-17(18)20)21-19(24)14-6-5-11-23(25)13-14/h5-6,9-13,16H,2-4,7-8H2,1H3,(H,21,24). The van der Waals surface area contributed by atoms with Gasteiger partial charge < -0.3 is 15.4 Å². The van der Waals surface area contributed by atoms with Crippen molar-refractivity contribution in [3.63, 3.8) is 0 Å². The van der Waals surface area contributed by atoms with E-state index in [0.717, 1.165) is 12.8 Å². The van der Waals surface area contributed by atoms with Gasteiger partial charge in [-0.2, -0.15) is 4.73 Å². The number of rotatable bonds is 4. The van der Waals surface area contributed by atoms with Crippen LogP contribution in [0.3, 0.4) is 0 Å². The molecule has 1 aliphatic carbocycles. The van der Waals surface area contributed by atoms with Gasteiger partial charge in [0.15, 0.2) is 12.4 Å². The Hall–Kier alpha value is -2.63. The number of halogens is 1. The molecule has 1 aromatic heterocycles. The predicted octanol–water partition coefficient (Wildman–Crippen LogP) is 3.48. The lowest BCUT2D eigenvalue weighted by molar-refractivity contribution is -0.605. The molecule has 3 rings (SSSR count). The first-order valence-corrected chi connectivity index (χ1v) is 8.57. The van der Waals surface area contributed by atoms with E-state index in [0.29, 0.717) is 22.1 Å². The molecule has 1 fully saturated rings. The number of hydrogen-bond acceptors (Lipinski definition) is 3. The average molecular weight is 343 g/mol. The molecule has 6 heteroatoms. The van der Waals surface area contributed by atoms with Crippen LogP contribution in [0.5, 0.6) is 0 Å². The molecular weight excluding hydrogens is 321 g/mol. The van der Waals surface area contributed by atoms with Gasteiger partial charge in [0.1, 0.15) is 11.4 Å². The molecule has 2 aromatic rings. The molecule has 1 aliphatic rings. The summed E-state index contributed by atoms with van der Waals surface area (Å²) in [7, 11) is 1.92. The Bertz CT molecular complexity index is 760. The summed E-state index contributed by atoms with van der Waals surface area (Å²) in [5.41, 5.74) is 1.13. The van der Waals surface area contributed by atoms with Crippen LogP contribution in [0.1, 0.15) is 42.5 Å². The molecule has 25 heavy (non-hydrogen) atoms. The number of hydrogen-bond donors (Lipinski definition) is 1. The monoisotopic (exact) mass is 343 g/mol. The van der Waals surface area contributed by atoms with Crippen molar-refractivity contribution in [3.05, 3.63) is 59.3 Å². The van der Waals surface area contributed by atoms with Crippen molar-refractivity contribution < 1.29 is 13.9 Å². The number of anilines is 2. The third kappa shape index (κ3) is 4.07. The SMILES string of the molecule is CN(c1ccc(NC(=O)c2ccc[n+]([O-])c2)cc1F)C1CCCCC1. The number of carbonyl (C=O) groups excluding carboxylic acids is 1. The van der Waals surface area contributed by atoms with E-state index >= 15 is 0 Å². The summed E-state index contributed by atoms with van der Waals surface area (Å²) in [4.78, 5) is 14.1. The lowest BCUT2D eigenvalue weighted by Crippen LogP contribution is -2.33. The van der Waals surface area contributed by atoms with Crippen LogP contribution in [0.2, 0.25) is 0 Å². The maximum absolute atomic E-state index is 14.5. The van der Waals surface area contributed by atoms with Gasteiger partial charge in [0.05, 0.1) is 5.69 Å². The average Bonchev–Trinajstić information content (AvgIpc) is 2.62. The molecule has 0 spiro atoms. The van der Waals surface area contributed by atoms with Crippen LogP contribution in [-0.2, 0) is 0 Å². The van der Waals surface area contributed by atoms with Crippen LogP contribution in [0.15, 0.2) is 42.7 Å². The minimum absolute atomic E-state index is 0.223. The topological polar surface area (TPSA) is 59.3 Å². The first-order chi connectivity index (χ1) is 12.0. The highest BCUT2D eigenvalue weighted by molar-refractivity contribution is 6.03. The zero-order valence-corrected chi connectivity index (χ0v) is 14.2. The predicted molar refractivity (Wildman–Crippen MR) is 95.0 cm³/mol. The Morgan fingerprint density at radius 1 is 1.28 bits per heavy atom. The quantitative estimate of drug-likeness (QED) is 0.683. The van der Waals surface area contributed by atoms with E-state index in [2.05, 4.69) is 5.32 Å². The molecule has 1 aromatic carbocycles. The third-order valence-electron chi connectivity index (χ3n) is 4.75. The second-order valence-corrected chi connectivity index (χ2v) is 6.48. The van der Waals surface area contributed by atoms with Crippen LogP contribution in [0.4, 0.5) is 15.8 Å². The fourth-order valence-electron chi connectivity index (χ4n) is 3.33. The second-order valence-electron chi connectivity index (χ2n) is 6.48. The summed E-state index contributed by atoms with van der Waals surface area (Å²) in [5, 5.41) is 13.9. The second kappa shape index (κ2) is 7.51. The number of carbonyl (C=O) groups is 1. The van der Waals surface area contributed by atoms with Crippen LogP contribution in [-0.4, -0.2) is 19.0 Å². The summed E-state index contributed by atoms with van der Waals surface area (Å²) in [6.45, 7) is 0. The van der Waals surface area contributed by atoms with Gasteiger partial charge in [-0.3, -0.25) is 4.79 Å². The normalized spacial score (nSPS) is 15.0. The highest BCUT2D eigenvalue weighted by Crippen LogP contribution is 2.29. The van der Waals surface area contributed by atoms with Gasteiger partial charge in [0.2, 0.25) is 0 Å². The maximum Gasteiger partial charge on any atom is 0.261 e. The van der Waals surface area contributed by atoms with Crippen molar-refractivity contribution in [1.29, 1.82) is 0 Å². The minimum atomic E-state index is -0.446. The number of nitrogens with zero attached hydrogens (tertiary/aromatic N) is 2. The molecule has 0 radical (unpaired) electrons. The molecule has 1 N–H and O–H groups in total. The number of aromatic nitrogens is 1. The molecule has 0 atom stereocenters. The molecule has 5 nitrogen and oxygen atoms in total. The number of benzene rings is 1. The van der Waals surface area contributed by atoms with Crippen LogP contribution in [0, 0.1) is 11.0 Å². The minimum Gasteiger partial charge on any atom is -0.619 e. The van der Waals surface area contributed by atoms with E-state index in [-0.39, 0.29) is 11.4 Å². The highest BCUT2D eigenvalue weighted by Gasteiger charge is 2.21. The van der Waals surface area contributed by atoms with E-state index in [1.54, 1.807) is 12.1 Å². The zero-order valence-electron chi connectivity index (χ0n) is 14.2. The van der Waals surface area contributed by atoms with Crippen molar-refractivity contribution in [2.45, 2.75) is 38.1 Å². The van der Waals surface area contributed by atoms with E-state index in [9.17, 15) is 14.4 Å². The molecule has 1 saturated carbocycles.